The summed E-state index contributed by atoms with van der Waals surface area (Å²) in [6.07, 6.45) is -5.26. The number of fused-ring (bicyclic) bond motifs is 1. The summed E-state index contributed by atoms with van der Waals surface area (Å²) in [5.41, 5.74) is -4.81. The molecule has 3 rings (SSSR count). The molecule has 0 fully saturated rings. The van der Waals surface area contributed by atoms with Crippen molar-refractivity contribution in [2.75, 3.05) is 12.4 Å². The maximum absolute atomic E-state index is 14.0. The van der Waals surface area contributed by atoms with Crippen LogP contribution in [-0.2, 0) is 5.66 Å². The van der Waals surface area contributed by atoms with E-state index in [4.69, 9.17) is 4.74 Å². The zero-order valence-electron chi connectivity index (χ0n) is 19.9. The molecule has 2 atom stereocenters. The summed E-state index contributed by atoms with van der Waals surface area (Å²) in [5.74, 6) is -1.41. The first-order valence-corrected chi connectivity index (χ1v) is 12.1. The summed E-state index contributed by atoms with van der Waals surface area (Å²) >= 11 is 1.25. The molecular weight excluding hydrogens is 536 g/mol. The molecule has 2 amide bonds. The Bertz CT molecular complexity index is 1370. The lowest BCUT2D eigenvalue weighted by atomic mass is 10.0. The molecule has 13 heteroatoms. The van der Waals surface area contributed by atoms with Crippen LogP contribution in [0, 0.1) is 6.92 Å². The fraction of sp³-hybridized carbons (Fsp3) is 0.292. The van der Waals surface area contributed by atoms with Gasteiger partial charge in [-0.2, -0.15) is 22.0 Å². The minimum atomic E-state index is -4.64. The van der Waals surface area contributed by atoms with Gasteiger partial charge in [0.2, 0.25) is 0 Å². The summed E-state index contributed by atoms with van der Waals surface area (Å²) in [5, 5.41) is 5.60. The van der Waals surface area contributed by atoms with Crippen LogP contribution in [0.25, 0.3) is 10.2 Å². The van der Waals surface area contributed by atoms with Crippen LogP contribution in [0.3, 0.4) is 0 Å². The molecule has 0 aliphatic rings. The molecule has 37 heavy (non-hydrogen) atoms. The molecule has 2 N–H and O–H groups in total. The number of methoxy groups -OCH3 is 1. The van der Waals surface area contributed by atoms with Gasteiger partial charge in [0.05, 0.1) is 33.6 Å². The number of carbonyl (C=O) groups is 2. The average molecular weight is 559 g/mol. The van der Waals surface area contributed by atoms with Crippen LogP contribution >= 0.6 is 20.6 Å². The van der Waals surface area contributed by atoms with Gasteiger partial charge in [-0.15, -0.1) is 11.3 Å². The lowest BCUT2D eigenvalue weighted by Crippen LogP contribution is -2.35. The van der Waals surface area contributed by atoms with E-state index in [1.807, 2.05) is 0 Å². The number of alkyl halides is 5. The van der Waals surface area contributed by atoms with Gasteiger partial charge in [0.25, 0.3) is 17.5 Å². The first kappa shape index (κ1) is 28.5. The van der Waals surface area contributed by atoms with E-state index in [1.165, 1.54) is 34.6 Å². The maximum Gasteiger partial charge on any atom is 0.412 e. The molecule has 0 radical (unpaired) electrons. The Balaban J connectivity index is 1.98. The van der Waals surface area contributed by atoms with Gasteiger partial charge >= 0.3 is 6.18 Å². The zero-order valence-corrected chi connectivity index (χ0v) is 21.9. The fourth-order valence-corrected chi connectivity index (χ4v) is 4.67. The Hall–Kier alpha value is -3.11. The Kier molecular flexibility index (Phi) is 8.24. The molecule has 6 nitrogen and oxygen atoms in total. The van der Waals surface area contributed by atoms with Crippen LogP contribution in [0.5, 0.6) is 5.75 Å². The number of aromatic nitrogens is 1. The van der Waals surface area contributed by atoms with E-state index >= 15 is 0 Å². The second-order valence-corrected chi connectivity index (χ2v) is 10.2. The number of carbonyl (C=O) groups excluding carboxylic acids is 2. The topological polar surface area (TPSA) is 80.3 Å². The highest BCUT2D eigenvalue weighted by Gasteiger charge is 2.33. The minimum absolute atomic E-state index is 0.123. The first-order valence-electron chi connectivity index (χ1n) is 10.7. The molecule has 0 aliphatic heterocycles. The SMILES string of the molecule is C=C(CC(C)NC(=O)c1cc(C(F)(F)P)ccc1NC(=O)c1c(OC)ccc2nc(C)sc12)C(F)(F)F. The number of nitrogens with one attached hydrogen (secondary N) is 2. The predicted molar refractivity (Wildman–Crippen MR) is 136 cm³/mol. The third-order valence-electron chi connectivity index (χ3n) is 5.30. The van der Waals surface area contributed by atoms with Crippen LogP contribution < -0.4 is 15.4 Å². The quantitative estimate of drug-likeness (QED) is 0.190. The number of anilines is 1. The molecule has 1 aromatic heterocycles. The van der Waals surface area contributed by atoms with Crippen molar-refractivity contribution in [3.8, 4) is 5.75 Å². The lowest BCUT2D eigenvalue weighted by Gasteiger charge is -2.20. The van der Waals surface area contributed by atoms with E-state index in [0.29, 0.717) is 15.2 Å². The third-order valence-corrected chi connectivity index (χ3v) is 6.64. The Morgan fingerprint density at radius 1 is 1.16 bits per heavy atom. The highest BCUT2D eigenvalue weighted by atomic mass is 32.1. The van der Waals surface area contributed by atoms with Gasteiger partial charge in [0.15, 0.2) is 0 Å². The highest BCUT2D eigenvalue weighted by Crippen LogP contribution is 2.37. The Morgan fingerprint density at radius 3 is 2.43 bits per heavy atom. The van der Waals surface area contributed by atoms with E-state index in [-0.39, 0.29) is 22.6 Å². The molecule has 0 saturated heterocycles. The van der Waals surface area contributed by atoms with Crippen LogP contribution in [0.15, 0.2) is 42.5 Å². The smallest absolute Gasteiger partial charge is 0.412 e. The van der Waals surface area contributed by atoms with E-state index in [2.05, 4.69) is 22.2 Å². The van der Waals surface area contributed by atoms with Gasteiger partial charge in [-0.05, 0) is 44.5 Å². The van der Waals surface area contributed by atoms with E-state index in [9.17, 15) is 31.5 Å². The fourth-order valence-electron chi connectivity index (χ4n) is 3.54. The monoisotopic (exact) mass is 559 g/mol. The van der Waals surface area contributed by atoms with Crippen LogP contribution in [0.2, 0.25) is 0 Å². The number of thiazole rings is 1. The van der Waals surface area contributed by atoms with Gasteiger partial charge in [0.1, 0.15) is 11.3 Å². The molecule has 198 valence electrons. The van der Waals surface area contributed by atoms with Crippen molar-refractivity contribution in [2.24, 2.45) is 0 Å². The van der Waals surface area contributed by atoms with Gasteiger partial charge in [-0.1, -0.05) is 21.9 Å². The van der Waals surface area contributed by atoms with Crippen molar-refractivity contribution in [1.29, 1.82) is 0 Å². The largest absolute Gasteiger partial charge is 0.496 e. The van der Waals surface area contributed by atoms with Crippen molar-refractivity contribution in [3.63, 3.8) is 0 Å². The van der Waals surface area contributed by atoms with Crippen LogP contribution in [0.4, 0.5) is 27.6 Å². The zero-order chi connectivity index (χ0) is 27.7. The van der Waals surface area contributed by atoms with Gasteiger partial charge in [0, 0.05) is 17.2 Å². The van der Waals surface area contributed by atoms with Crippen LogP contribution in [-0.4, -0.2) is 36.1 Å². The molecule has 0 bridgehead atoms. The molecular formula is C24H23F5N3O3PS. The second-order valence-electron chi connectivity index (χ2n) is 8.24. The molecule has 2 aromatic carbocycles. The predicted octanol–water partition coefficient (Wildman–Crippen LogP) is 6.42. The Morgan fingerprint density at radius 2 is 1.84 bits per heavy atom. The highest BCUT2D eigenvalue weighted by molar-refractivity contribution is 7.19. The van der Waals surface area contributed by atoms with Gasteiger partial charge in [-0.25, -0.2) is 4.98 Å². The summed E-state index contributed by atoms with van der Waals surface area (Å²) in [4.78, 5) is 30.6. The number of hydrogen-bond acceptors (Lipinski definition) is 5. The summed E-state index contributed by atoms with van der Waals surface area (Å²) < 4.78 is 72.3. The summed E-state index contributed by atoms with van der Waals surface area (Å²) in [6.45, 7) is 6.05. The maximum atomic E-state index is 14.0. The van der Waals surface area contributed by atoms with E-state index in [1.54, 1.807) is 19.1 Å². The van der Waals surface area contributed by atoms with Gasteiger partial charge in [-0.3, -0.25) is 9.59 Å². The molecule has 0 spiro atoms. The first-order chi connectivity index (χ1) is 17.1. The standard InChI is InChI=1S/C24H23F5N3O3PS/c1-11(23(25,26)27)9-12(2)30-21(33)15-10-14(24(28,29)36)5-6-16(15)32-22(34)19-18(35-4)8-7-17-20(19)37-13(3)31-17/h5-8,10,12H,1,9,36H2,2-4H3,(H,30,33)(H,32,34). The van der Waals surface area contributed by atoms with Crippen LogP contribution in [0.1, 0.15) is 44.6 Å². The van der Waals surface area contributed by atoms with Crippen molar-refractivity contribution >= 4 is 48.3 Å². The lowest BCUT2D eigenvalue weighted by molar-refractivity contribution is -0.0942. The Labute approximate surface area is 215 Å². The number of rotatable bonds is 8. The van der Waals surface area contributed by atoms with Crippen molar-refractivity contribution in [2.45, 2.75) is 38.2 Å². The van der Waals surface area contributed by atoms with Crippen molar-refractivity contribution in [3.05, 3.63) is 64.2 Å². The normalized spacial score (nSPS) is 12.8. The number of benzene rings is 2. The molecule has 3 aromatic rings. The summed E-state index contributed by atoms with van der Waals surface area (Å²) in [6, 6.07) is 5.24. The number of ether oxygens (including phenoxy) is 1. The number of nitrogens with zero attached hydrogens (tertiary/aromatic N) is 1. The number of aryl methyl sites for hydroxylation is 1. The molecule has 0 aliphatic carbocycles. The number of halogens is 5. The van der Waals surface area contributed by atoms with E-state index in [0.717, 1.165) is 18.2 Å². The van der Waals surface area contributed by atoms with E-state index < -0.39 is 47.3 Å². The molecule has 1 heterocycles. The second kappa shape index (κ2) is 10.7. The van der Waals surface area contributed by atoms with Gasteiger partial charge < -0.3 is 15.4 Å². The third kappa shape index (κ3) is 6.61. The summed E-state index contributed by atoms with van der Waals surface area (Å²) in [7, 11) is 2.71. The molecule has 0 saturated carbocycles. The van der Waals surface area contributed by atoms with Crippen molar-refractivity contribution < 1.29 is 36.3 Å². The average Bonchev–Trinajstić information content (AvgIpc) is 3.16. The number of amides is 2. The van der Waals surface area contributed by atoms with Crippen molar-refractivity contribution in [1.82, 2.24) is 10.3 Å². The minimum Gasteiger partial charge on any atom is -0.496 e. The molecule has 2 unspecified atom stereocenters. The number of hydrogen-bond donors (Lipinski definition) is 2.